The van der Waals surface area contributed by atoms with E-state index in [0.717, 1.165) is 0 Å². The van der Waals surface area contributed by atoms with E-state index < -0.39 is 55.2 Å². The molecule has 4 atom stereocenters. The summed E-state index contributed by atoms with van der Waals surface area (Å²) >= 11 is 0. The number of aromatic nitrogens is 2. The average Bonchev–Trinajstić information content (AvgIpc) is 3.29. The molecular weight excluding hydrogens is 573 g/mol. The minimum atomic E-state index is -3.40. The van der Waals surface area contributed by atoms with Gasteiger partial charge in [0.25, 0.3) is 11.2 Å². The zero-order valence-corrected chi connectivity index (χ0v) is 24.9. The van der Waals surface area contributed by atoms with Crippen molar-refractivity contribution >= 4 is 19.7 Å². The summed E-state index contributed by atoms with van der Waals surface area (Å²) in [6.07, 6.45) is -2.45. The first-order valence-electron chi connectivity index (χ1n) is 13.3. The lowest BCUT2D eigenvalue weighted by molar-refractivity contribution is -0.384. The first kappa shape index (κ1) is 32.8. The van der Waals surface area contributed by atoms with Gasteiger partial charge in [-0.3, -0.25) is 24.5 Å². The van der Waals surface area contributed by atoms with E-state index in [0.29, 0.717) is 0 Å². The fourth-order valence-electron chi connectivity index (χ4n) is 4.80. The first-order valence-corrected chi connectivity index (χ1v) is 15.1. The third-order valence-electron chi connectivity index (χ3n) is 6.49. The molecule has 1 aliphatic heterocycles. The second-order valence-corrected chi connectivity index (χ2v) is 12.7. The standard InChI is InChI=1S/C26H34N5O10P/c1-16(2)30(17(3)4)42(37,12-6-11-27)41-21-13-23(29-14-18(5)24(32)28-25(29)33)40-22(21)15-38-26(34)39-20-9-7-19(8-10-20)31(35)36/h7-10,14,16-17,21-23,37H,6,12-13,15H2,1-5H3/p+1/t21-,22+,23+,42?/m0/s1. The van der Waals surface area contributed by atoms with Crippen LogP contribution >= 0.6 is 7.87 Å². The molecule has 1 fully saturated rings. The molecule has 3 rings (SSSR count). The molecule has 16 heteroatoms. The Labute approximate surface area is 242 Å². The van der Waals surface area contributed by atoms with Crippen molar-refractivity contribution in [1.82, 2.24) is 14.2 Å². The summed E-state index contributed by atoms with van der Waals surface area (Å²) in [6.45, 7) is 8.71. The first-order chi connectivity index (χ1) is 19.7. The molecule has 228 valence electrons. The Morgan fingerprint density at radius 2 is 1.93 bits per heavy atom. The molecule has 1 unspecified atom stereocenters. The maximum absolute atomic E-state index is 12.6. The highest BCUT2D eigenvalue weighted by Crippen LogP contribution is 2.63. The Hall–Kier alpha value is -3.67. The van der Waals surface area contributed by atoms with Crippen LogP contribution in [0.5, 0.6) is 5.75 Å². The van der Waals surface area contributed by atoms with Crippen LogP contribution in [0, 0.1) is 28.4 Å². The zero-order valence-electron chi connectivity index (χ0n) is 24.0. The van der Waals surface area contributed by atoms with Crippen LogP contribution < -0.4 is 16.0 Å². The van der Waals surface area contributed by atoms with Gasteiger partial charge in [-0.05, 0) is 46.8 Å². The molecular formula is C26H35N5O10P+. The number of aromatic amines is 1. The number of nitriles is 1. The van der Waals surface area contributed by atoms with E-state index in [2.05, 4.69) is 4.98 Å². The number of H-pyrrole nitrogens is 1. The fraction of sp³-hybridized carbons (Fsp3) is 0.538. The highest BCUT2D eigenvalue weighted by molar-refractivity contribution is 7.63. The topological polar surface area (TPSA) is 199 Å². The van der Waals surface area contributed by atoms with Crippen LogP contribution in [0.25, 0.3) is 0 Å². The van der Waals surface area contributed by atoms with Gasteiger partial charge < -0.3 is 14.2 Å². The second-order valence-electron chi connectivity index (χ2n) is 10.3. The number of aryl methyl sites for hydroxylation is 1. The van der Waals surface area contributed by atoms with Gasteiger partial charge >= 0.3 is 19.7 Å². The van der Waals surface area contributed by atoms with Gasteiger partial charge in [-0.2, -0.15) is 9.79 Å². The largest absolute Gasteiger partial charge is 0.513 e. The Balaban J connectivity index is 1.86. The number of hydrogen-bond donors (Lipinski definition) is 2. The molecule has 2 heterocycles. The van der Waals surface area contributed by atoms with E-state index in [9.17, 15) is 34.7 Å². The van der Waals surface area contributed by atoms with Crippen LogP contribution in [0.4, 0.5) is 10.5 Å². The average molecular weight is 609 g/mol. The summed E-state index contributed by atoms with van der Waals surface area (Å²) in [7, 11) is -3.40. The summed E-state index contributed by atoms with van der Waals surface area (Å²) in [5.41, 5.74) is -1.17. The Morgan fingerprint density at radius 3 is 2.50 bits per heavy atom. The van der Waals surface area contributed by atoms with Crippen molar-refractivity contribution in [3.8, 4) is 11.8 Å². The SMILES string of the molecule is Cc1cn([C@H]2C[C@H](O[P+](O)(CCC#N)N(C(C)C)C(C)C)[C@@H](COC(=O)Oc3ccc([N+](=O)[O-])cc3)O2)c(=O)[nH]c1=O. The predicted octanol–water partition coefficient (Wildman–Crippen LogP) is 3.43. The maximum Gasteiger partial charge on any atom is 0.513 e. The quantitative estimate of drug-likeness (QED) is 0.117. The Morgan fingerprint density at radius 1 is 1.29 bits per heavy atom. The molecule has 0 amide bonds. The van der Waals surface area contributed by atoms with Crippen molar-refractivity contribution in [1.29, 1.82) is 5.26 Å². The van der Waals surface area contributed by atoms with Crippen LogP contribution in [0.3, 0.4) is 0 Å². The van der Waals surface area contributed by atoms with Crippen LogP contribution in [-0.2, 0) is 14.0 Å². The fourth-order valence-corrected chi connectivity index (χ4v) is 7.73. The summed E-state index contributed by atoms with van der Waals surface area (Å²) < 4.78 is 25.8. The molecule has 1 aromatic carbocycles. The highest BCUT2D eigenvalue weighted by atomic mass is 31.2. The molecule has 0 bridgehead atoms. The van der Waals surface area contributed by atoms with Crippen molar-refractivity contribution in [2.75, 3.05) is 12.8 Å². The number of ether oxygens (including phenoxy) is 3. The number of benzene rings is 1. The van der Waals surface area contributed by atoms with Gasteiger partial charge in [-0.15, -0.1) is 4.67 Å². The number of hydrogen-bond acceptors (Lipinski definition) is 12. The van der Waals surface area contributed by atoms with Crippen LogP contribution in [0.1, 0.15) is 52.3 Å². The van der Waals surface area contributed by atoms with Gasteiger partial charge in [0.15, 0.2) is 0 Å². The van der Waals surface area contributed by atoms with E-state index in [4.69, 9.17) is 18.7 Å². The molecule has 0 spiro atoms. The van der Waals surface area contributed by atoms with Crippen molar-refractivity contribution in [3.05, 3.63) is 67.0 Å². The van der Waals surface area contributed by atoms with Gasteiger partial charge in [0.1, 0.15) is 37.0 Å². The lowest BCUT2D eigenvalue weighted by Crippen LogP contribution is -2.41. The van der Waals surface area contributed by atoms with Gasteiger partial charge in [-0.1, -0.05) is 0 Å². The van der Waals surface area contributed by atoms with Gasteiger partial charge in [0.05, 0.1) is 17.4 Å². The third-order valence-corrected chi connectivity index (χ3v) is 9.55. The second kappa shape index (κ2) is 14.0. The molecule has 0 radical (unpaired) electrons. The van der Waals surface area contributed by atoms with E-state index in [1.54, 1.807) is 0 Å². The van der Waals surface area contributed by atoms with Crippen LogP contribution in [-0.4, -0.2) is 67.3 Å². The van der Waals surface area contributed by atoms with Crippen LogP contribution in [0.2, 0.25) is 0 Å². The number of carbonyl (C=O) groups is 1. The lowest BCUT2D eigenvalue weighted by Gasteiger charge is -2.36. The molecule has 15 nitrogen and oxygen atoms in total. The van der Waals surface area contributed by atoms with Gasteiger partial charge in [-0.25, -0.2) is 14.5 Å². The summed E-state index contributed by atoms with van der Waals surface area (Å²) in [5, 5.41) is 20.1. The van der Waals surface area contributed by atoms with E-state index in [1.165, 1.54) is 42.0 Å². The molecule has 0 saturated carbocycles. The molecule has 0 aliphatic carbocycles. The monoisotopic (exact) mass is 608 g/mol. The number of carbonyl (C=O) groups excluding carboxylic acids is 1. The number of nitrogens with zero attached hydrogens (tertiary/aromatic N) is 4. The predicted molar refractivity (Wildman–Crippen MR) is 151 cm³/mol. The molecule has 1 aliphatic rings. The van der Waals surface area contributed by atoms with Gasteiger partial charge in [0.2, 0.25) is 0 Å². The summed E-state index contributed by atoms with van der Waals surface area (Å²) in [5.74, 6) is 0.0141. The Kier molecular flexibility index (Phi) is 10.9. The van der Waals surface area contributed by atoms with E-state index in [1.807, 2.05) is 38.4 Å². The highest BCUT2D eigenvalue weighted by Gasteiger charge is 2.54. The Bertz CT molecular complexity index is 1410. The number of nitrogens with one attached hydrogen (secondary N) is 1. The smallest absolute Gasteiger partial charge is 0.431 e. The summed E-state index contributed by atoms with van der Waals surface area (Å²) in [6, 6.07) is 6.58. The maximum atomic E-state index is 12.6. The lowest BCUT2D eigenvalue weighted by atomic mass is 10.2. The molecule has 42 heavy (non-hydrogen) atoms. The minimum Gasteiger partial charge on any atom is -0.431 e. The number of rotatable bonds is 12. The minimum absolute atomic E-state index is 0.0141. The van der Waals surface area contributed by atoms with E-state index in [-0.39, 0.29) is 48.1 Å². The molecule has 2 aromatic rings. The molecule has 1 saturated heterocycles. The number of non-ortho nitro benzene ring substituents is 1. The van der Waals surface area contributed by atoms with Gasteiger partial charge in [0, 0.05) is 42.4 Å². The summed E-state index contributed by atoms with van der Waals surface area (Å²) in [4.78, 5) is 61.3. The van der Waals surface area contributed by atoms with Crippen molar-refractivity contribution in [3.63, 3.8) is 0 Å². The van der Waals surface area contributed by atoms with Crippen molar-refractivity contribution in [2.24, 2.45) is 0 Å². The number of nitro benzene ring substituents is 1. The molecule has 1 aromatic heterocycles. The van der Waals surface area contributed by atoms with Crippen LogP contribution in [0.15, 0.2) is 40.1 Å². The van der Waals surface area contributed by atoms with E-state index >= 15 is 0 Å². The third kappa shape index (κ3) is 7.99. The zero-order chi connectivity index (χ0) is 31.2. The van der Waals surface area contributed by atoms with Crippen molar-refractivity contribution < 1.29 is 33.3 Å². The molecule has 2 N–H and O–H groups in total. The van der Waals surface area contributed by atoms with Crippen molar-refractivity contribution in [2.45, 2.75) is 78.0 Å². The number of nitro groups is 1. The normalized spacial score (nSPS) is 20.0.